The van der Waals surface area contributed by atoms with Crippen molar-refractivity contribution in [3.8, 4) is 0 Å². The quantitative estimate of drug-likeness (QED) is 0.736. The maximum Gasteiger partial charge on any atom is 0.0561 e. The van der Waals surface area contributed by atoms with Gasteiger partial charge < -0.3 is 5.32 Å². The van der Waals surface area contributed by atoms with Crippen LogP contribution < -0.4 is 5.32 Å². The number of hydrogen-bond donors (Lipinski definition) is 1. The van der Waals surface area contributed by atoms with Gasteiger partial charge in [0.1, 0.15) is 0 Å². The second-order valence-electron chi connectivity index (χ2n) is 4.21. The highest BCUT2D eigenvalue weighted by molar-refractivity contribution is 7.10. The van der Waals surface area contributed by atoms with Gasteiger partial charge in [0.15, 0.2) is 0 Å². The van der Waals surface area contributed by atoms with E-state index in [4.69, 9.17) is 11.6 Å². The molecule has 0 saturated heterocycles. The lowest BCUT2D eigenvalue weighted by atomic mass is 9.90. The molecule has 2 atom stereocenters. The van der Waals surface area contributed by atoms with E-state index in [1.807, 2.05) is 13.1 Å². The SMILES string of the molecule is CCCCC(CC)C(NC)c1sccc1Cl. The van der Waals surface area contributed by atoms with Gasteiger partial charge >= 0.3 is 0 Å². The Morgan fingerprint density at radius 1 is 1.44 bits per heavy atom. The second kappa shape index (κ2) is 7.31. The molecule has 0 fully saturated rings. The monoisotopic (exact) mass is 259 g/mol. The molecule has 16 heavy (non-hydrogen) atoms. The molecule has 0 aliphatic heterocycles. The van der Waals surface area contributed by atoms with Gasteiger partial charge in [-0.1, -0.05) is 44.7 Å². The molecule has 3 heteroatoms. The van der Waals surface area contributed by atoms with Crippen LogP contribution in [0.2, 0.25) is 5.02 Å². The summed E-state index contributed by atoms with van der Waals surface area (Å²) in [6, 6.07) is 2.42. The van der Waals surface area contributed by atoms with Gasteiger partial charge in [0.25, 0.3) is 0 Å². The first-order valence-electron chi connectivity index (χ1n) is 6.14. The summed E-state index contributed by atoms with van der Waals surface area (Å²) in [7, 11) is 2.04. The molecule has 92 valence electrons. The van der Waals surface area contributed by atoms with Crippen LogP contribution in [0.5, 0.6) is 0 Å². The van der Waals surface area contributed by atoms with Crippen LogP contribution in [0.25, 0.3) is 0 Å². The fourth-order valence-electron chi connectivity index (χ4n) is 2.18. The maximum atomic E-state index is 6.22. The fraction of sp³-hybridized carbons (Fsp3) is 0.692. The van der Waals surface area contributed by atoms with Crippen molar-refractivity contribution in [3.05, 3.63) is 21.3 Å². The van der Waals surface area contributed by atoms with Gasteiger partial charge in [0, 0.05) is 10.9 Å². The Balaban J connectivity index is 2.75. The summed E-state index contributed by atoms with van der Waals surface area (Å²) in [4.78, 5) is 1.30. The van der Waals surface area contributed by atoms with Crippen molar-refractivity contribution in [3.63, 3.8) is 0 Å². The van der Waals surface area contributed by atoms with Gasteiger partial charge in [0.2, 0.25) is 0 Å². The molecule has 1 aromatic heterocycles. The van der Waals surface area contributed by atoms with E-state index in [0.29, 0.717) is 12.0 Å². The zero-order chi connectivity index (χ0) is 12.0. The van der Waals surface area contributed by atoms with Gasteiger partial charge in [-0.25, -0.2) is 0 Å². The van der Waals surface area contributed by atoms with Crippen molar-refractivity contribution in [1.82, 2.24) is 5.32 Å². The minimum Gasteiger partial charge on any atom is -0.312 e. The van der Waals surface area contributed by atoms with E-state index in [2.05, 4.69) is 24.5 Å². The summed E-state index contributed by atoms with van der Waals surface area (Å²) in [5, 5.41) is 6.43. The summed E-state index contributed by atoms with van der Waals surface area (Å²) in [5.41, 5.74) is 0. The summed E-state index contributed by atoms with van der Waals surface area (Å²) in [6.07, 6.45) is 5.07. The van der Waals surface area contributed by atoms with Crippen LogP contribution in [0.15, 0.2) is 11.4 Å². The predicted molar refractivity (Wildman–Crippen MR) is 74.4 cm³/mol. The molecule has 1 nitrogen and oxygen atoms in total. The van der Waals surface area contributed by atoms with Crippen LogP contribution in [0.4, 0.5) is 0 Å². The van der Waals surface area contributed by atoms with Crippen LogP contribution in [-0.4, -0.2) is 7.05 Å². The highest BCUT2D eigenvalue weighted by Crippen LogP contribution is 2.36. The normalized spacial score (nSPS) is 15.0. The Hall–Kier alpha value is -0.0500. The average molecular weight is 260 g/mol. The van der Waals surface area contributed by atoms with E-state index >= 15 is 0 Å². The molecule has 0 spiro atoms. The largest absolute Gasteiger partial charge is 0.312 e. The van der Waals surface area contributed by atoms with Crippen LogP contribution >= 0.6 is 22.9 Å². The van der Waals surface area contributed by atoms with Gasteiger partial charge in [-0.3, -0.25) is 0 Å². The van der Waals surface area contributed by atoms with Gasteiger partial charge in [-0.05, 0) is 30.8 Å². The van der Waals surface area contributed by atoms with E-state index in [1.54, 1.807) is 11.3 Å². The fourth-order valence-corrected chi connectivity index (χ4v) is 3.56. The minimum absolute atomic E-state index is 0.420. The molecule has 0 bridgehead atoms. The first-order chi connectivity index (χ1) is 7.74. The van der Waals surface area contributed by atoms with E-state index in [0.717, 1.165) is 5.02 Å². The third-order valence-electron chi connectivity index (χ3n) is 3.16. The Kier molecular flexibility index (Phi) is 6.40. The second-order valence-corrected chi connectivity index (χ2v) is 5.56. The van der Waals surface area contributed by atoms with Crippen molar-refractivity contribution in [2.75, 3.05) is 7.05 Å². The van der Waals surface area contributed by atoms with Crippen LogP contribution in [0, 0.1) is 5.92 Å². The highest BCUT2D eigenvalue weighted by atomic mass is 35.5. The zero-order valence-electron chi connectivity index (χ0n) is 10.4. The molecule has 0 aromatic carbocycles. The first-order valence-corrected chi connectivity index (χ1v) is 7.40. The average Bonchev–Trinajstić information content (AvgIpc) is 2.71. The Morgan fingerprint density at radius 3 is 2.62 bits per heavy atom. The summed E-state index contributed by atoms with van der Waals surface area (Å²) in [5.74, 6) is 0.695. The van der Waals surface area contributed by atoms with E-state index in [-0.39, 0.29) is 0 Å². The number of halogens is 1. The van der Waals surface area contributed by atoms with Crippen molar-refractivity contribution >= 4 is 22.9 Å². The lowest BCUT2D eigenvalue weighted by molar-refractivity contribution is 0.343. The number of rotatable bonds is 7. The topological polar surface area (TPSA) is 12.0 Å². The molecule has 0 aliphatic carbocycles. The Morgan fingerprint density at radius 2 is 2.19 bits per heavy atom. The Labute approximate surface area is 108 Å². The lowest BCUT2D eigenvalue weighted by Gasteiger charge is -2.25. The molecule has 0 radical (unpaired) electrons. The molecule has 0 amide bonds. The van der Waals surface area contributed by atoms with Gasteiger partial charge in [-0.15, -0.1) is 11.3 Å². The van der Waals surface area contributed by atoms with Crippen molar-refractivity contribution in [2.45, 2.75) is 45.6 Å². The molecule has 1 N–H and O–H groups in total. The maximum absolute atomic E-state index is 6.22. The molecular formula is C13H22ClNS. The molecular weight excluding hydrogens is 238 g/mol. The summed E-state index contributed by atoms with van der Waals surface area (Å²) in [6.45, 7) is 4.52. The van der Waals surface area contributed by atoms with Crippen molar-refractivity contribution in [2.24, 2.45) is 5.92 Å². The van der Waals surface area contributed by atoms with Crippen LogP contribution in [0.1, 0.15) is 50.4 Å². The summed E-state index contributed by atoms with van der Waals surface area (Å²) < 4.78 is 0. The Bertz CT molecular complexity index is 298. The smallest absolute Gasteiger partial charge is 0.0561 e. The van der Waals surface area contributed by atoms with Crippen molar-refractivity contribution in [1.29, 1.82) is 0 Å². The van der Waals surface area contributed by atoms with E-state index in [1.165, 1.54) is 30.6 Å². The molecule has 1 rings (SSSR count). The summed E-state index contributed by atoms with van der Waals surface area (Å²) >= 11 is 7.98. The minimum atomic E-state index is 0.420. The number of unbranched alkanes of at least 4 members (excludes halogenated alkanes) is 1. The number of thiophene rings is 1. The van der Waals surface area contributed by atoms with Crippen LogP contribution in [-0.2, 0) is 0 Å². The number of hydrogen-bond acceptors (Lipinski definition) is 2. The molecule has 0 saturated carbocycles. The molecule has 1 heterocycles. The highest BCUT2D eigenvalue weighted by Gasteiger charge is 2.22. The third kappa shape index (κ3) is 3.47. The molecule has 0 aliphatic rings. The standard InChI is InChI=1S/C13H22ClNS/c1-4-6-7-10(5-2)12(15-3)13-11(14)8-9-16-13/h8-10,12,15H,4-7H2,1-3H3. The van der Waals surface area contributed by atoms with E-state index in [9.17, 15) is 0 Å². The number of nitrogens with one attached hydrogen (secondary N) is 1. The van der Waals surface area contributed by atoms with E-state index < -0.39 is 0 Å². The molecule has 2 unspecified atom stereocenters. The zero-order valence-corrected chi connectivity index (χ0v) is 12.0. The first kappa shape index (κ1) is 14.0. The van der Waals surface area contributed by atoms with Gasteiger partial charge in [-0.2, -0.15) is 0 Å². The third-order valence-corrected chi connectivity index (χ3v) is 4.60. The van der Waals surface area contributed by atoms with Crippen molar-refractivity contribution < 1.29 is 0 Å². The lowest BCUT2D eigenvalue weighted by Crippen LogP contribution is -2.24. The molecule has 1 aromatic rings. The van der Waals surface area contributed by atoms with Crippen LogP contribution in [0.3, 0.4) is 0 Å². The predicted octanol–water partition coefficient (Wildman–Crippen LogP) is 4.88. The van der Waals surface area contributed by atoms with Gasteiger partial charge in [0.05, 0.1) is 5.02 Å².